The third-order valence-corrected chi connectivity index (χ3v) is 10.3. The topological polar surface area (TPSA) is 105 Å². The summed E-state index contributed by atoms with van der Waals surface area (Å²) in [5.74, 6) is -0.897. The number of aryl methyl sites for hydroxylation is 1. The average Bonchev–Trinajstić information content (AvgIpc) is 3.13. The van der Waals surface area contributed by atoms with Crippen LogP contribution in [0.4, 0.5) is 4.39 Å². The molecule has 10 nitrogen and oxygen atoms in total. The van der Waals surface area contributed by atoms with Crippen molar-refractivity contribution in [2.24, 2.45) is 0 Å². The predicted molar refractivity (Wildman–Crippen MR) is 197 cm³/mol. The van der Waals surface area contributed by atoms with Crippen molar-refractivity contribution >= 4 is 16.9 Å². The van der Waals surface area contributed by atoms with Crippen LogP contribution in [0.1, 0.15) is 67.3 Å². The Morgan fingerprint density at radius 1 is 0.902 bits per heavy atom. The lowest BCUT2D eigenvalue weighted by molar-refractivity contribution is 0.0916. The fraction of sp³-hybridized carbons (Fsp3) is 0.375. The number of nitrogens with one attached hydrogen (secondary N) is 1. The zero-order valence-electron chi connectivity index (χ0n) is 29.4. The lowest BCUT2D eigenvalue weighted by Gasteiger charge is -2.36. The van der Waals surface area contributed by atoms with E-state index in [9.17, 15) is 18.8 Å². The molecule has 5 aromatic rings. The smallest absolute Gasteiger partial charge is 0.337 e. The van der Waals surface area contributed by atoms with Crippen LogP contribution in [0.25, 0.3) is 27.8 Å². The van der Waals surface area contributed by atoms with Crippen molar-refractivity contribution in [2.45, 2.75) is 71.1 Å². The normalized spacial score (nSPS) is 18.7. The minimum Gasteiger partial charge on any atom is -0.348 e. The van der Waals surface area contributed by atoms with Crippen LogP contribution in [-0.4, -0.2) is 73.1 Å². The number of benzene rings is 2. The van der Waals surface area contributed by atoms with Crippen LogP contribution < -0.4 is 16.6 Å². The number of amides is 1. The van der Waals surface area contributed by atoms with Crippen molar-refractivity contribution in [2.75, 3.05) is 26.2 Å². The number of pyridine rings is 2. The number of nitrogens with zero attached hydrogens (tertiary/aromatic N) is 6. The lowest BCUT2D eigenvalue weighted by atomic mass is 9.90. The van der Waals surface area contributed by atoms with Gasteiger partial charge in [-0.25, -0.2) is 23.7 Å². The van der Waals surface area contributed by atoms with Crippen LogP contribution in [0.15, 0.2) is 88.6 Å². The minimum atomic E-state index is -0.650. The van der Waals surface area contributed by atoms with Crippen LogP contribution >= 0.6 is 0 Å². The Bertz CT molecular complexity index is 2160. The van der Waals surface area contributed by atoms with Crippen LogP contribution in [0.3, 0.4) is 0 Å². The summed E-state index contributed by atoms with van der Waals surface area (Å²) < 4.78 is 17.2. The maximum Gasteiger partial charge on any atom is 0.337 e. The quantitative estimate of drug-likeness (QED) is 0.230. The molecule has 1 saturated carbocycles. The number of piperazine rings is 1. The molecular formula is C40H44FN7O3. The Morgan fingerprint density at radius 3 is 2.33 bits per heavy atom. The molecule has 4 heterocycles. The second-order valence-electron chi connectivity index (χ2n) is 14.1. The molecule has 2 aromatic carbocycles. The largest absolute Gasteiger partial charge is 0.348 e. The van der Waals surface area contributed by atoms with Gasteiger partial charge in [0.15, 0.2) is 5.65 Å². The van der Waals surface area contributed by atoms with Crippen molar-refractivity contribution in [1.29, 1.82) is 0 Å². The van der Waals surface area contributed by atoms with Crippen molar-refractivity contribution < 1.29 is 9.18 Å². The van der Waals surface area contributed by atoms with Gasteiger partial charge in [-0.15, -0.1) is 0 Å². The number of hydrogen-bond acceptors (Lipinski definition) is 7. The van der Waals surface area contributed by atoms with Gasteiger partial charge in [0.2, 0.25) is 0 Å². The number of halogens is 1. The summed E-state index contributed by atoms with van der Waals surface area (Å²) in [6.45, 7) is 11.5. The minimum absolute atomic E-state index is 0.0412. The van der Waals surface area contributed by atoms with Crippen LogP contribution in [0.5, 0.6) is 0 Å². The van der Waals surface area contributed by atoms with Gasteiger partial charge in [0.25, 0.3) is 11.5 Å². The summed E-state index contributed by atoms with van der Waals surface area (Å²) in [6, 6.07) is 22.6. The highest BCUT2D eigenvalue weighted by Gasteiger charge is 2.28. The second-order valence-corrected chi connectivity index (χ2v) is 14.1. The molecule has 2 fully saturated rings. The summed E-state index contributed by atoms with van der Waals surface area (Å²) >= 11 is 0. The Morgan fingerprint density at radius 2 is 1.63 bits per heavy atom. The van der Waals surface area contributed by atoms with Gasteiger partial charge in [-0.3, -0.25) is 24.0 Å². The van der Waals surface area contributed by atoms with Gasteiger partial charge in [0, 0.05) is 56.5 Å². The van der Waals surface area contributed by atoms with E-state index in [2.05, 4.69) is 63.2 Å². The van der Waals surface area contributed by atoms with Crippen molar-refractivity contribution in [3.8, 4) is 16.8 Å². The highest BCUT2D eigenvalue weighted by molar-refractivity contribution is 5.92. The fourth-order valence-electron chi connectivity index (χ4n) is 7.47. The first kappa shape index (κ1) is 34.4. The molecule has 1 N–H and O–H groups in total. The van der Waals surface area contributed by atoms with E-state index in [-0.39, 0.29) is 23.0 Å². The van der Waals surface area contributed by atoms with Crippen LogP contribution in [0, 0.1) is 12.7 Å². The Labute approximate surface area is 296 Å². The average molecular weight is 690 g/mol. The molecule has 264 valence electrons. The molecule has 11 heteroatoms. The molecular weight excluding hydrogens is 645 g/mol. The van der Waals surface area contributed by atoms with E-state index in [0.29, 0.717) is 43.1 Å². The Balaban J connectivity index is 1.13. The number of rotatable bonds is 8. The molecule has 0 spiro atoms. The summed E-state index contributed by atoms with van der Waals surface area (Å²) in [5, 5.41) is 3.09. The zero-order valence-corrected chi connectivity index (χ0v) is 29.4. The van der Waals surface area contributed by atoms with E-state index in [1.807, 2.05) is 31.2 Å². The Hall–Kier alpha value is -5.00. The number of carbonyl (C=O) groups is 1. The van der Waals surface area contributed by atoms with Gasteiger partial charge >= 0.3 is 5.69 Å². The summed E-state index contributed by atoms with van der Waals surface area (Å²) in [4.78, 5) is 54.5. The zero-order chi connectivity index (χ0) is 35.6. The molecule has 1 amide bonds. The number of carbonyl (C=O) groups excluding carboxylic acids is 1. The van der Waals surface area contributed by atoms with Gasteiger partial charge in [-0.1, -0.05) is 42.5 Å². The number of hydrogen-bond donors (Lipinski definition) is 1. The van der Waals surface area contributed by atoms with Crippen LogP contribution in [0.2, 0.25) is 0 Å². The monoisotopic (exact) mass is 689 g/mol. The van der Waals surface area contributed by atoms with Gasteiger partial charge in [0.1, 0.15) is 11.5 Å². The van der Waals surface area contributed by atoms with Crippen molar-refractivity contribution in [3.05, 3.63) is 123 Å². The number of aromatic nitrogens is 4. The van der Waals surface area contributed by atoms with E-state index >= 15 is 0 Å². The highest BCUT2D eigenvalue weighted by Crippen LogP contribution is 2.29. The highest BCUT2D eigenvalue weighted by atomic mass is 19.1. The van der Waals surface area contributed by atoms with Gasteiger partial charge < -0.3 is 5.32 Å². The SMILES string of the molecule is Cc1cccc(C(=O)N[C@H]2CC[C@@H](n3c(=O)c4cc(F)cnc4n(-c4cccc(-c5ccc(CN6CCN(C(C)C)CC6)cc5)c4)c3=O)CC2)n1. The van der Waals surface area contributed by atoms with E-state index in [1.165, 1.54) is 14.7 Å². The molecule has 0 unspecified atom stereocenters. The summed E-state index contributed by atoms with van der Waals surface area (Å²) in [6.07, 6.45) is 3.18. The first-order valence-corrected chi connectivity index (χ1v) is 17.9. The predicted octanol–water partition coefficient (Wildman–Crippen LogP) is 5.50. The molecule has 0 radical (unpaired) electrons. The first-order valence-electron chi connectivity index (χ1n) is 17.9. The van der Waals surface area contributed by atoms with E-state index < -0.39 is 23.1 Å². The molecule has 1 aliphatic carbocycles. The third-order valence-electron chi connectivity index (χ3n) is 10.3. The van der Waals surface area contributed by atoms with E-state index in [1.54, 1.807) is 18.2 Å². The molecule has 1 aliphatic heterocycles. The maximum absolute atomic E-state index is 14.5. The van der Waals surface area contributed by atoms with Crippen molar-refractivity contribution in [3.63, 3.8) is 0 Å². The molecule has 1 saturated heterocycles. The van der Waals surface area contributed by atoms with Gasteiger partial charge in [0.05, 0.1) is 17.3 Å². The second kappa shape index (κ2) is 14.7. The summed E-state index contributed by atoms with van der Waals surface area (Å²) in [5.41, 5.74) is 3.83. The maximum atomic E-state index is 14.5. The molecule has 7 rings (SSSR count). The van der Waals surface area contributed by atoms with Crippen LogP contribution in [-0.2, 0) is 6.54 Å². The Kier molecular flexibility index (Phi) is 9.93. The first-order chi connectivity index (χ1) is 24.6. The summed E-state index contributed by atoms with van der Waals surface area (Å²) in [7, 11) is 0. The third kappa shape index (κ3) is 7.41. The van der Waals surface area contributed by atoms with Gasteiger partial charge in [-0.2, -0.15) is 0 Å². The number of fused-ring (bicyclic) bond motifs is 1. The van der Waals surface area contributed by atoms with Gasteiger partial charge in [-0.05, 0) is 93.5 Å². The van der Waals surface area contributed by atoms with E-state index in [4.69, 9.17) is 0 Å². The van der Waals surface area contributed by atoms with Crippen molar-refractivity contribution in [1.82, 2.24) is 34.2 Å². The molecule has 3 aromatic heterocycles. The fourth-order valence-corrected chi connectivity index (χ4v) is 7.47. The van der Waals surface area contributed by atoms with E-state index in [0.717, 1.165) is 61.8 Å². The lowest BCUT2D eigenvalue weighted by Crippen LogP contribution is -2.48. The molecule has 0 atom stereocenters. The molecule has 51 heavy (non-hydrogen) atoms. The molecule has 2 aliphatic rings. The standard InChI is InChI=1S/C40H44FN7O3/c1-26(2)46-20-18-45(19-21-46)25-28-10-12-29(13-11-28)30-7-5-8-34(22-30)47-37-35(23-31(41)24-42-37)39(50)48(40(47)51)33-16-14-32(15-17-33)44-38(49)36-9-4-6-27(3)43-36/h4-13,22-24,26,32-33H,14-21,25H2,1-3H3,(H,44,49)/t32-,33+. The molecule has 0 bridgehead atoms.